The molecular formula is C20H22N2O4S. The zero-order valence-corrected chi connectivity index (χ0v) is 16.1. The highest BCUT2D eigenvalue weighted by atomic mass is 32.2. The largest absolute Gasteiger partial charge is 0.487 e. The first-order valence-electron chi connectivity index (χ1n) is 8.73. The molecule has 0 saturated heterocycles. The third-order valence-electron chi connectivity index (χ3n) is 4.09. The van der Waals surface area contributed by atoms with Gasteiger partial charge in [0.25, 0.3) is 11.8 Å². The lowest BCUT2D eigenvalue weighted by molar-refractivity contribution is -0.116. The maximum absolute atomic E-state index is 12.5. The highest BCUT2D eigenvalue weighted by molar-refractivity contribution is 8.02. The zero-order chi connectivity index (χ0) is 19.2. The average Bonchev–Trinajstić information content (AvgIpc) is 3.17. The summed E-state index contributed by atoms with van der Waals surface area (Å²) in [6.07, 6.45) is 2.22. The number of carbonyl (C=O) groups is 2. The van der Waals surface area contributed by atoms with Gasteiger partial charge in [0.15, 0.2) is 5.76 Å². The van der Waals surface area contributed by atoms with Gasteiger partial charge in [-0.2, -0.15) is 0 Å². The highest BCUT2D eigenvalue weighted by Crippen LogP contribution is 2.21. The lowest BCUT2D eigenvalue weighted by atomic mass is 10.1. The molecule has 1 aromatic heterocycles. The normalized spacial score (nSPS) is 14.7. The van der Waals surface area contributed by atoms with Gasteiger partial charge in [-0.1, -0.05) is 6.07 Å². The van der Waals surface area contributed by atoms with Crippen molar-refractivity contribution in [1.82, 2.24) is 5.32 Å². The number of hydrogen-bond acceptors (Lipinski definition) is 5. The quantitative estimate of drug-likeness (QED) is 0.794. The number of anilines is 1. The van der Waals surface area contributed by atoms with Crippen LogP contribution in [0.5, 0.6) is 0 Å². The van der Waals surface area contributed by atoms with Gasteiger partial charge in [-0.25, -0.2) is 0 Å². The maximum Gasteiger partial charge on any atom is 0.291 e. The van der Waals surface area contributed by atoms with E-state index in [1.807, 2.05) is 32.0 Å². The van der Waals surface area contributed by atoms with Crippen LogP contribution in [0.3, 0.4) is 0 Å². The van der Waals surface area contributed by atoms with Gasteiger partial charge in [0.2, 0.25) is 0 Å². The van der Waals surface area contributed by atoms with Crippen LogP contribution in [-0.4, -0.2) is 30.2 Å². The van der Waals surface area contributed by atoms with E-state index in [9.17, 15) is 9.59 Å². The standard InChI is InChI=1S/C20H22N2O4S/c1-13-5-6-15(19(23)21-14(2)10-16-4-3-7-25-16)11-17(13)22-20(24)18-12-27-9-8-26-18/h3-7,11-12,14H,8-10H2,1-2H3,(H,21,23)(H,22,24)/t14-/m1/s1. The molecule has 0 aliphatic carbocycles. The number of aryl methyl sites for hydroxylation is 1. The third kappa shape index (κ3) is 5.17. The number of rotatable bonds is 6. The summed E-state index contributed by atoms with van der Waals surface area (Å²) in [4.78, 5) is 24.9. The fourth-order valence-corrected chi connectivity index (χ4v) is 3.28. The summed E-state index contributed by atoms with van der Waals surface area (Å²) in [5.41, 5.74) is 1.94. The summed E-state index contributed by atoms with van der Waals surface area (Å²) in [7, 11) is 0. The van der Waals surface area contributed by atoms with Gasteiger partial charge in [-0.05, 0) is 43.7 Å². The van der Waals surface area contributed by atoms with Gasteiger partial charge in [0, 0.05) is 34.9 Å². The molecule has 27 heavy (non-hydrogen) atoms. The SMILES string of the molecule is Cc1ccc(C(=O)N[C@H](C)Cc2ccco2)cc1NC(=O)C1=CSCCO1. The molecule has 0 fully saturated rings. The van der Waals surface area contributed by atoms with E-state index in [-0.39, 0.29) is 17.9 Å². The van der Waals surface area contributed by atoms with E-state index in [1.165, 1.54) is 0 Å². The Morgan fingerprint density at radius 2 is 2.11 bits per heavy atom. The fraction of sp³-hybridized carbons (Fsp3) is 0.300. The van der Waals surface area contributed by atoms with Crippen molar-refractivity contribution in [3.05, 3.63) is 64.6 Å². The van der Waals surface area contributed by atoms with Crippen LogP contribution in [0.25, 0.3) is 0 Å². The topological polar surface area (TPSA) is 80.6 Å². The minimum Gasteiger partial charge on any atom is -0.487 e. The molecule has 0 saturated carbocycles. The Balaban J connectivity index is 1.65. The molecule has 0 bridgehead atoms. The van der Waals surface area contributed by atoms with Crippen molar-refractivity contribution in [2.24, 2.45) is 0 Å². The molecule has 2 heterocycles. The van der Waals surface area contributed by atoms with Crippen molar-refractivity contribution < 1.29 is 18.7 Å². The molecule has 2 aromatic rings. The van der Waals surface area contributed by atoms with Crippen molar-refractivity contribution in [3.63, 3.8) is 0 Å². The summed E-state index contributed by atoms with van der Waals surface area (Å²) >= 11 is 1.54. The summed E-state index contributed by atoms with van der Waals surface area (Å²) in [6.45, 7) is 4.31. The van der Waals surface area contributed by atoms with Gasteiger partial charge in [0.05, 0.1) is 12.9 Å². The number of thioether (sulfide) groups is 1. The van der Waals surface area contributed by atoms with Crippen LogP contribution in [-0.2, 0) is 16.0 Å². The van der Waals surface area contributed by atoms with Crippen molar-refractivity contribution in [2.75, 3.05) is 17.7 Å². The summed E-state index contributed by atoms with van der Waals surface area (Å²) in [5, 5.41) is 7.48. The number of hydrogen-bond donors (Lipinski definition) is 2. The molecule has 2 amide bonds. The average molecular weight is 386 g/mol. The van der Waals surface area contributed by atoms with Crippen molar-refractivity contribution in [2.45, 2.75) is 26.3 Å². The fourth-order valence-electron chi connectivity index (χ4n) is 2.66. The molecule has 1 aromatic carbocycles. The Hall–Kier alpha value is -2.67. The molecule has 142 valence electrons. The lowest BCUT2D eigenvalue weighted by Crippen LogP contribution is -2.34. The first-order chi connectivity index (χ1) is 13.0. The van der Waals surface area contributed by atoms with Crippen molar-refractivity contribution in [1.29, 1.82) is 0 Å². The van der Waals surface area contributed by atoms with E-state index in [2.05, 4.69) is 10.6 Å². The van der Waals surface area contributed by atoms with Gasteiger partial charge < -0.3 is 19.8 Å². The predicted molar refractivity (Wildman–Crippen MR) is 106 cm³/mol. The van der Waals surface area contributed by atoms with E-state index in [0.29, 0.717) is 30.0 Å². The lowest BCUT2D eigenvalue weighted by Gasteiger charge is -2.16. The van der Waals surface area contributed by atoms with E-state index < -0.39 is 0 Å². The molecule has 0 spiro atoms. The van der Waals surface area contributed by atoms with E-state index in [1.54, 1.807) is 35.6 Å². The smallest absolute Gasteiger partial charge is 0.291 e. The van der Waals surface area contributed by atoms with Crippen molar-refractivity contribution >= 4 is 29.3 Å². The molecule has 6 nitrogen and oxygen atoms in total. The second-order valence-electron chi connectivity index (χ2n) is 6.34. The monoisotopic (exact) mass is 386 g/mol. The van der Waals surface area contributed by atoms with E-state index in [4.69, 9.17) is 9.15 Å². The van der Waals surface area contributed by atoms with Crippen LogP contribution in [0, 0.1) is 6.92 Å². The second-order valence-corrected chi connectivity index (χ2v) is 7.32. The molecule has 3 rings (SSSR count). The first-order valence-corrected chi connectivity index (χ1v) is 9.77. The molecule has 0 radical (unpaired) electrons. The van der Waals surface area contributed by atoms with Crippen molar-refractivity contribution in [3.8, 4) is 0 Å². The second kappa shape index (κ2) is 8.81. The minimum absolute atomic E-state index is 0.0826. The summed E-state index contributed by atoms with van der Waals surface area (Å²) < 4.78 is 10.7. The molecule has 7 heteroatoms. The van der Waals surface area contributed by atoms with E-state index in [0.717, 1.165) is 17.1 Å². The summed E-state index contributed by atoms with van der Waals surface area (Å²) in [6, 6.07) is 8.85. The number of carbonyl (C=O) groups excluding carboxylic acids is 2. The Morgan fingerprint density at radius 3 is 2.81 bits per heavy atom. The van der Waals surface area contributed by atoms with Crippen LogP contribution >= 0.6 is 11.8 Å². The summed E-state index contributed by atoms with van der Waals surface area (Å²) in [5.74, 6) is 1.44. The highest BCUT2D eigenvalue weighted by Gasteiger charge is 2.17. The minimum atomic E-state index is -0.311. The van der Waals surface area contributed by atoms with Gasteiger partial charge in [-0.3, -0.25) is 9.59 Å². The maximum atomic E-state index is 12.5. The molecule has 1 aliphatic rings. The number of nitrogens with one attached hydrogen (secondary N) is 2. The molecule has 1 aliphatic heterocycles. The Kier molecular flexibility index (Phi) is 6.24. The number of benzene rings is 1. The number of amides is 2. The molecule has 2 N–H and O–H groups in total. The van der Waals surface area contributed by atoms with Crippen LogP contribution in [0.2, 0.25) is 0 Å². The first kappa shape index (κ1) is 19.1. The van der Waals surface area contributed by atoms with Gasteiger partial charge >= 0.3 is 0 Å². The van der Waals surface area contributed by atoms with Crippen LogP contribution < -0.4 is 10.6 Å². The molecular weight excluding hydrogens is 364 g/mol. The van der Waals surface area contributed by atoms with Crippen LogP contribution in [0.4, 0.5) is 5.69 Å². The number of ether oxygens (including phenoxy) is 1. The van der Waals surface area contributed by atoms with Crippen LogP contribution in [0.15, 0.2) is 52.2 Å². The third-order valence-corrected chi connectivity index (χ3v) is 4.87. The Bertz CT molecular complexity index is 846. The molecule has 1 atom stereocenters. The van der Waals surface area contributed by atoms with Crippen LogP contribution in [0.1, 0.15) is 28.6 Å². The van der Waals surface area contributed by atoms with Gasteiger partial charge in [0.1, 0.15) is 5.76 Å². The molecule has 0 unspecified atom stereocenters. The predicted octanol–water partition coefficient (Wildman–Crippen LogP) is 3.49. The van der Waals surface area contributed by atoms with Gasteiger partial charge in [-0.15, -0.1) is 11.8 Å². The van der Waals surface area contributed by atoms with E-state index >= 15 is 0 Å². The zero-order valence-electron chi connectivity index (χ0n) is 15.3. The number of furan rings is 1. The Labute approximate surface area is 162 Å². The Morgan fingerprint density at radius 1 is 1.26 bits per heavy atom.